The highest BCUT2D eigenvalue weighted by atomic mass is 35.5. The van der Waals surface area contributed by atoms with Crippen molar-refractivity contribution in [1.82, 2.24) is 25.5 Å². The summed E-state index contributed by atoms with van der Waals surface area (Å²) in [6, 6.07) is 14.2. The van der Waals surface area contributed by atoms with Gasteiger partial charge in [-0.3, -0.25) is 4.79 Å². The Kier molecular flexibility index (Phi) is 7.42. The first-order chi connectivity index (χ1) is 16.0. The fourth-order valence-corrected chi connectivity index (χ4v) is 4.67. The molecule has 9 heteroatoms. The van der Waals surface area contributed by atoms with Gasteiger partial charge in [0.25, 0.3) is 5.91 Å². The van der Waals surface area contributed by atoms with Crippen molar-refractivity contribution in [1.29, 1.82) is 0 Å². The molecule has 33 heavy (non-hydrogen) atoms. The van der Waals surface area contributed by atoms with Crippen LogP contribution < -0.4 is 0 Å². The summed E-state index contributed by atoms with van der Waals surface area (Å²) in [4.78, 5) is 15.7. The monoisotopic (exact) mass is 485 g/mol. The molecule has 0 spiro atoms. The van der Waals surface area contributed by atoms with Crippen molar-refractivity contribution in [2.45, 2.75) is 50.5 Å². The predicted octanol–water partition coefficient (Wildman–Crippen LogP) is 5.63. The van der Waals surface area contributed by atoms with Gasteiger partial charge in [-0.15, -0.1) is 11.7 Å². The Hall–Kier alpha value is -2.74. The van der Waals surface area contributed by atoms with Gasteiger partial charge in [0.05, 0.1) is 12.1 Å². The molecule has 4 rings (SSSR count). The molecular weight excluding hydrogens is 461 g/mol. The summed E-state index contributed by atoms with van der Waals surface area (Å²) in [5, 5.41) is 15.7. The maximum absolute atomic E-state index is 13.8. The zero-order chi connectivity index (χ0) is 23.4. The van der Waals surface area contributed by atoms with Crippen LogP contribution in [0.25, 0.3) is 0 Å². The second kappa shape index (κ2) is 10.5. The summed E-state index contributed by atoms with van der Waals surface area (Å²) >= 11 is 12.5. The van der Waals surface area contributed by atoms with Crippen LogP contribution in [-0.4, -0.2) is 37.5 Å². The average Bonchev–Trinajstić information content (AvgIpc) is 3.34. The van der Waals surface area contributed by atoms with E-state index in [9.17, 15) is 4.79 Å². The molecule has 1 amide bonds. The number of nitrogens with one attached hydrogen (secondary N) is 1. The molecule has 2 aromatic carbocycles. The van der Waals surface area contributed by atoms with Gasteiger partial charge in [0, 0.05) is 16.5 Å². The molecule has 1 fully saturated rings. The van der Waals surface area contributed by atoms with Crippen molar-refractivity contribution >= 4 is 29.1 Å². The van der Waals surface area contributed by atoms with Crippen LogP contribution in [0.5, 0.6) is 0 Å². The number of halogens is 2. The van der Waals surface area contributed by atoms with E-state index < -0.39 is 18.2 Å². The van der Waals surface area contributed by atoms with E-state index in [2.05, 4.69) is 34.1 Å². The third-order valence-electron chi connectivity index (χ3n) is 5.77. The van der Waals surface area contributed by atoms with Crippen molar-refractivity contribution in [2.24, 2.45) is 0 Å². The number of amides is 1. The number of nitrogens with zero attached hydrogens (tertiary/aromatic N) is 4. The highest BCUT2D eigenvalue weighted by molar-refractivity contribution is 6.30. The van der Waals surface area contributed by atoms with Crippen LogP contribution >= 0.6 is 23.2 Å². The predicted molar refractivity (Wildman–Crippen MR) is 127 cm³/mol. The molecule has 1 saturated heterocycles. The third-order valence-corrected chi connectivity index (χ3v) is 6.26. The SMILES string of the molecule is C=CC[C@@H]1O[C@@H](c2cccc(Cl)c2)[C@@H](c2ccc(Cl)cc2)N([C@H](CCC)c2nnn[nH]2)C1=O. The van der Waals surface area contributed by atoms with Crippen LogP contribution in [0.15, 0.2) is 61.2 Å². The maximum Gasteiger partial charge on any atom is 0.253 e. The Labute approximate surface area is 202 Å². The number of rotatable bonds is 8. The first-order valence-corrected chi connectivity index (χ1v) is 11.6. The van der Waals surface area contributed by atoms with Gasteiger partial charge in [0.1, 0.15) is 12.2 Å². The second-order valence-electron chi connectivity index (χ2n) is 7.96. The van der Waals surface area contributed by atoms with Gasteiger partial charge in [-0.2, -0.15) is 0 Å². The summed E-state index contributed by atoms with van der Waals surface area (Å²) in [5.41, 5.74) is 1.77. The fourth-order valence-electron chi connectivity index (χ4n) is 4.34. The number of tetrazole rings is 1. The zero-order valence-electron chi connectivity index (χ0n) is 18.2. The molecule has 3 aromatic rings. The maximum atomic E-state index is 13.8. The first kappa shape index (κ1) is 23.4. The van der Waals surface area contributed by atoms with E-state index in [1.54, 1.807) is 6.08 Å². The van der Waals surface area contributed by atoms with E-state index in [0.717, 1.165) is 17.5 Å². The molecule has 1 aliphatic heterocycles. The van der Waals surface area contributed by atoms with Crippen molar-refractivity contribution in [3.63, 3.8) is 0 Å². The average molecular weight is 486 g/mol. The van der Waals surface area contributed by atoms with Gasteiger partial charge in [-0.25, -0.2) is 5.10 Å². The number of carbonyl (C=O) groups is 1. The number of carbonyl (C=O) groups excluding carboxylic acids is 1. The van der Waals surface area contributed by atoms with Crippen molar-refractivity contribution < 1.29 is 9.53 Å². The van der Waals surface area contributed by atoms with Gasteiger partial charge in [-0.1, -0.05) is 66.9 Å². The normalized spacial score (nSPS) is 21.7. The Morgan fingerprint density at radius 3 is 2.61 bits per heavy atom. The molecule has 0 bridgehead atoms. The summed E-state index contributed by atoms with van der Waals surface area (Å²) < 4.78 is 6.44. The number of benzene rings is 2. The second-order valence-corrected chi connectivity index (χ2v) is 8.83. The smallest absolute Gasteiger partial charge is 0.253 e. The topological polar surface area (TPSA) is 84.0 Å². The number of hydrogen-bond donors (Lipinski definition) is 1. The minimum absolute atomic E-state index is 0.136. The van der Waals surface area contributed by atoms with E-state index >= 15 is 0 Å². The summed E-state index contributed by atoms with van der Waals surface area (Å²) in [6.45, 7) is 5.88. The lowest BCUT2D eigenvalue weighted by molar-refractivity contribution is -0.180. The molecule has 0 unspecified atom stereocenters. The molecule has 2 heterocycles. The van der Waals surface area contributed by atoms with Gasteiger partial charge in [-0.05, 0) is 52.2 Å². The van der Waals surface area contributed by atoms with Gasteiger partial charge in [0.2, 0.25) is 0 Å². The third kappa shape index (κ3) is 4.95. The molecule has 1 aromatic heterocycles. The van der Waals surface area contributed by atoms with Crippen molar-refractivity contribution in [3.05, 3.63) is 88.2 Å². The van der Waals surface area contributed by atoms with Crippen molar-refractivity contribution in [3.8, 4) is 0 Å². The Morgan fingerprint density at radius 1 is 1.18 bits per heavy atom. The molecule has 1 aliphatic rings. The number of morpholine rings is 1. The quantitative estimate of drug-likeness (QED) is 0.417. The van der Waals surface area contributed by atoms with Gasteiger partial charge < -0.3 is 9.64 Å². The van der Waals surface area contributed by atoms with Crippen LogP contribution in [0.2, 0.25) is 10.0 Å². The largest absolute Gasteiger partial charge is 0.358 e. The lowest BCUT2D eigenvalue weighted by atomic mass is 9.89. The lowest BCUT2D eigenvalue weighted by Gasteiger charge is -2.47. The lowest BCUT2D eigenvalue weighted by Crippen LogP contribution is -2.52. The van der Waals surface area contributed by atoms with Crippen LogP contribution in [0.4, 0.5) is 0 Å². The molecule has 172 valence electrons. The molecule has 0 aliphatic carbocycles. The van der Waals surface area contributed by atoms with E-state index in [0.29, 0.717) is 28.7 Å². The zero-order valence-corrected chi connectivity index (χ0v) is 19.7. The van der Waals surface area contributed by atoms with Crippen LogP contribution in [0, 0.1) is 0 Å². The molecular formula is C24H25Cl2N5O2. The van der Waals surface area contributed by atoms with E-state index in [1.165, 1.54) is 0 Å². The van der Waals surface area contributed by atoms with E-state index in [-0.39, 0.29) is 11.9 Å². The highest BCUT2D eigenvalue weighted by Gasteiger charge is 2.47. The number of aromatic nitrogens is 4. The highest BCUT2D eigenvalue weighted by Crippen LogP contribution is 2.47. The van der Waals surface area contributed by atoms with E-state index in [4.69, 9.17) is 27.9 Å². The molecule has 0 radical (unpaired) electrons. The van der Waals surface area contributed by atoms with Gasteiger partial charge >= 0.3 is 0 Å². The number of H-pyrrole nitrogens is 1. The summed E-state index contributed by atoms with van der Waals surface area (Å²) in [6.07, 6.45) is 2.43. The van der Waals surface area contributed by atoms with Crippen LogP contribution in [0.3, 0.4) is 0 Å². The number of ether oxygens (including phenoxy) is 1. The Balaban J connectivity index is 1.90. The fraction of sp³-hybridized carbons (Fsp3) is 0.333. The van der Waals surface area contributed by atoms with Crippen LogP contribution in [-0.2, 0) is 9.53 Å². The Morgan fingerprint density at radius 2 is 1.97 bits per heavy atom. The molecule has 0 saturated carbocycles. The molecule has 4 atom stereocenters. The summed E-state index contributed by atoms with van der Waals surface area (Å²) in [5.74, 6) is 0.399. The minimum atomic E-state index is -0.690. The Bertz CT molecular complexity index is 1090. The molecule has 1 N–H and O–H groups in total. The summed E-state index contributed by atoms with van der Waals surface area (Å²) in [7, 11) is 0. The van der Waals surface area contributed by atoms with Gasteiger partial charge in [0.15, 0.2) is 5.82 Å². The number of hydrogen-bond acceptors (Lipinski definition) is 5. The standard InChI is InChI=1S/C24H25Cl2N5O2/c1-3-6-19(23-27-29-30-28-23)31-21(15-10-12-17(25)13-11-15)22(16-8-5-9-18(26)14-16)33-20(7-4-2)24(31)32/h4-5,8-14,19-22H,2-3,6-7H2,1H3,(H,27,28,29,30)/t19-,20+,21-,22+/m1/s1. The van der Waals surface area contributed by atoms with Crippen LogP contribution in [0.1, 0.15) is 61.3 Å². The molecule has 7 nitrogen and oxygen atoms in total. The minimum Gasteiger partial charge on any atom is -0.358 e. The van der Waals surface area contributed by atoms with E-state index in [1.807, 2.05) is 53.4 Å². The van der Waals surface area contributed by atoms with Crippen molar-refractivity contribution in [2.75, 3.05) is 0 Å². The first-order valence-electron chi connectivity index (χ1n) is 10.9. The number of aromatic amines is 1.